The first-order valence-corrected chi connectivity index (χ1v) is 8.78. The first-order valence-electron chi connectivity index (χ1n) is 8.78. The van der Waals surface area contributed by atoms with Crippen molar-refractivity contribution in [2.45, 2.75) is 58.7 Å². The van der Waals surface area contributed by atoms with E-state index in [1.54, 1.807) is 6.08 Å². The van der Waals surface area contributed by atoms with E-state index < -0.39 is 18.1 Å². The Morgan fingerprint density at radius 3 is 2.65 bits per heavy atom. The molecule has 0 amide bonds. The Balaban J connectivity index is 2.17. The summed E-state index contributed by atoms with van der Waals surface area (Å²) in [7, 11) is 0. The van der Waals surface area contributed by atoms with E-state index in [1.165, 1.54) is 13.1 Å². The van der Waals surface area contributed by atoms with Crippen LogP contribution in [-0.4, -0.2) is 21.8 Å². The summed E-state index contributed by atoms with van der Waals surface area (Å²) in [5.41, 5.74) is 9.70. The number of aliphatic carboxylic acids is 1. The lowest BCUT2D eigenvalue weighted by Crippen LogP contribution is -2.20. The first kappa shape index (κ1) is 20.1. The SMILES string of the molecule is CCn1c(C/C(=C/N)CCC(C)C(F)(F)F)cc2c1CCC(C(=O)O)=C2. The van der Waals surface area contributed by atoms with Gasteiger partial charge in [0.25, 0.3) is 0 Å². The highest BCUT2D eigenvalue weighted by molar-refractivity contribution is 5.93. The Morgan fingerprint density at radius 2 is 2.12 bits per heavy atom. The van der Waals surface area contributed by atoms with Gasteiger partial charge in [0.1, 0.15) is 0 Å². The van der Waals surface area contributed by atoms with Crippen LogP contribution in [0.2, 0.25) is 0 Å². The maximum Gasteiger partial charge on any atom is 0.391 e. The van der Waals surface area contributed by atoms with E-state index in [0.29, 0.717) is 24.8 Å². The third kappa shape index (κ3) is 4.51. The van der Waals surface area contributed by atoms with Crippen molar-refractivity contribution >= 4 is 12.0 Å². The van der Waals surface area contributed by atoms with Crippen LogP contribution in [0.1, 0.15) is 50.1 Å². The molecule has 144 valence electrons. The lowest BCUT2D eigenvalue weighted by atomic mass is 9.97. The number of carboxylic acid groups (broad SMARTS) is 1. The normalized spacial score (nSPS) is 16.2. The molecule has 0 radical (unpaired) electrons. The van der Waals surface area contributed by atoms with Crippen LogP contribution in [0.4, 0.5) is 13.2 Å². The van der Waals surface area contributed by atoms with Gasteiger partial charge in [-0.2, -0.15) is 13.2 Å². The lowest BCUT2D eigenvalue weighted by molar-refractivity contribution is -0.170. The molecule has 0 aromatic carbocycles. The zero-order valence-electron chi connectivity index (χ0n) is 15.1. The maximum absolute atomic E-state index is 12.7. The van der Waals surface area contributed by atoms with Crippen molar-refractivity contribution in [2.24, 2.45) is 11.7 Å². The van der Waals surface area contributed by atoms with Crippen molar-refractivity contribution in [3.8, 4) is 0 Å². The molecule has 0 saturated heterocycles. The van der Waals surface area contributed by atoms with Gasteiger partial charge in [0.15, 0.2) is 0 Å². The molecule has 0 spiro atoms. The minimum absolute atomic E-state index is 0.00213. The van der Waals surface area contributed by atoms with Crippen molar-refractivity contribution in [3.05, 3.63) is 40.4 Å². The predicted molar refractivity (Wildman–Crippen MR) is 94.5 cm³/mol. The van der Waals surface area contributed by atoms with Crippen LogP contribution < -0.4 is 5.73 Å². The maximum atomic E-state index is 12.7. The Kier molecular flexibility index (Phi) is 6.21. The number of rotatable bonds is 7. The topological polar surface area (TPSA) is 68.2 Å². The minimum Gasteiger partial charge on any atom is -0.478 e. The number of halogens is 3. The van der Waals surface area contributed by atoms with Crippen LogP contribution in [0, 0.1) is 5.92 Å². The smallest absolute Gasteiger partial charge is 0.391 e. The van der Waals surface area contributed by atoms with E-state index in [0.717, 1.165) is 29.1 Å². The van der Waals surface area contributed by atoms with Gasteiger partial charge in [-0.25, -0.2) is 4.79 Å². The van der Waals surface area contributed by atoms with Gasteiger partial charge in [-0.3, -0.25) is 0 Å². The lowest BCUT2D eigenvalue weighted by Gasteiger charge is -2.17. The van der Waals surface area contributed by atoms with Gasteiger partial charge in [0.2, 0.25) is 0 Å². The van der Waals surface area contributed by atoms with Gasteiger partial charge in [0.05, 0.1) is 5.92 Å². The van der Waals surface area contributed by atoms with E-state index in [4.69, 9.17) is 5.73 Å². The van der Waals surface area contributed by atoms with Gasteiger partial charge in [-0.1, -0.05) is 6.92 Å². The second-order valence-corrected chi connectivity index (χ2v) is 6.74. The molecule has 7 heteroatoms. The summed E-state index contributed by atoms with van der Waals surface area (Å²) in [5, 5.41) is 9.18. The molecule has 1 aromatic rings. The molecule has 26 heavy (non-hydrogen) atoms. The first-order chi connectivity index (χ1) is 12.2. The third-order valence-electron chi connectivity index (χ3n) is 4.98. The molecule has 2 rings (SSSR count). The van der Waals surface area contributed by atoms with Crippen LogP contribution >= 0.6 is 0 Å². The van der Waals surface area contributed by atoms with E-state index in [9.17, 15) is 23.1 Å². The predicted octanol–water partition coefficient (Wildman–Crippen LogP) is 4.29. The van der Waals surface area contributed by atoms with Crippen LogP contribution in [0.3, 0.4) is 0 Å². The molecule has 0 saturated carbocycles. The van der Waals surface area contributed by atoms with Crippen molar-refractivity contribution in [3.63, 3.8) is 0 Å². The molecule has 1 aliphatic carbocycles. The highest BCUT2D eigenvalue weighted by Gasteiger charge is 2.35. The average Bonchev–Trinajstić information content (AvgIpc) is 2.93. The highest BCUT2D eigenvalue weighted by atomic mass is 19.4. The number of carboxylic acids is 1. The molecule has 1 unspecified atom stereocenters. The van der Waals surface area contributed by atoms with Crippen molar-refractivity contribution in [1.29, 1.82) is 0 Å². The van der Waals surface area contributed by atoms with E-state index in [2.05, 4.69) is 4.57 Å². The summed E-state index contributed by atoms with van der Waals surface area (Å²) in [6.45, 7) is 3.90. The fourth-order valence-corrected chi connectivity index (χ4v) is 3.33. The molecule has 1 heterocycles. The summed E-state index contributed by atoms with van der Waals surface area (Å²) in [6.07, 6.45) is 0.776. The van der Waals surface area contributed by atoms with Gasteiger partial charge >= 0.3 is 12.1 Å². The fraction of sp³-hybridized carbons (Fsp3) is 0.526. The summed E-state index contributed by atoms with van der Waals surface area (Å²) in [6, 6.07) is 1.93. The Labute approximate surface area is 151 Å². The Bertz CT molecular complexity index is 730. The van der Waals surface area contributed by atoms with E-state index in [-0.39, 0.29) is 12.8 Å². The number of allylic oxidation sites excluding steroid dienone is 1. The number of hydrogen-bond donors (Lipinski definition) is 2. The quantitative estimate of drug-likeness (QED) is 0.752. The van der Waals surface area contributed by atoms with Gasteiger partial charge in [-0.15, -0.1) is 0 Å². The van der Waals surface area contributed by atoms with Crippen LogP contribution in [0.5, 0.6) is 0 Å². The zero-order chi connectivity index (χ0) is 19.5. The molecule has 4 nitrogen and oxygen atoms in total. The van der Waals surface area contributed by atoms with Crippen molar-refractivity contribution in [1.82, 2.24) is 4.57 Å². The second-order valence-electron chi connectivity index (χ2n) is 6.74. The number of aromatic nitrogens is 1. The molecule has 0 bridgehead atoms. The number of nitrogens with two attached hydrogens (primary N) is 1. The Morgan fingerprint density at radius 1 is 1.42 bits per heavy atom. The van der Waals surface area contributed by atoms with Crippen LogP contribution in [0.25, 0.3) is 6.08 Å². The molecule has 1 atom stereocenters. The average molecular weight is 370 g/mol. The summed E-state index contributed by atoms with van der Waals surface area (Å²) in [5.74, 6) is -2.28. The standard InChI is InChI=1S/C19H25F3N2O2/c1-3-24-16(8-13(11-23)5-4-12(2)19(20,21)22)10-15-9-14(18(25)26)6-7-17(15)24/h9-12H,3-8,23H2,1-2H3,(H,25,26)/b13-11+. The number of hydrogen-bond acceptors (Lipinski definition) is 2. The van der Waals surface area contributed by atoms with E-state index >= 15 is 0 Å². The zero-order valence-corrected chi connectivity index (χ0v) is 15.1. The molecular formula is C19H25F3N2O2. The molecule has 0 aliphatic heterocycles. The Hall–Kier alpha value is -2.18. The van der Waals surface area contributed by atoms with Gasteiger partial charge < -0.3 is 15.4 Å². The third-order valence-corrected chi connectivity index (χ3v) is 4.98. The number of alkyl halides is 3. The molecule has 1 aromatic heterocycles. The van der Waals surface area contributed by atoms with Gasteiger partial charge in [-0.05, 0) is 62.1 Å². The van der Waals surface area contributed by atoms with Crippen LogP contribution in [-0.2, 0) is 24.2 Å². The highest BCUT2D eigenvalue weighted by Crippen LogP contribution is 2.32. The summed E-state index contributed by atoms with van der Waals surface area (Å²) >= 11 is 0. The molecular weight excluding hydrogens is 345 g/mol. The largest absolute Gasteiger partial charge is 0.478 e. The van der Waals surface area contributed by atoms with Crippen LogP contribution in [0.15, 0.2) is 23.4 Å². The van der Waals surface area contributed by atoms with Gasteiger partial charge in [0, 0.05) is 29.9 Å². The minimum atomic E-state index is -4.19. The second kappa shape index (κ2) is 8.01. The number of carbonyl (C=O) groups is 1. The molecule has 0 fully saturated rings. The number of nitrogens with zero attached hydrogens (tertiary/aromatic N) is 1. The van der Waals surface area contributed by atoms with E-state index in [1.807, 2.05) is 13.0 Å². The van der Waals surface area contributed by atoms with Crippen molar-refractivity contribution < 1.29 is 23.1 Å². The summed E-state index contributed by atoms with van der Waals surface area (Å²) in [4.78, 5) is 11.2. The van der Waals surface area contributed by atoms with Crippen molar-refractivity contribution in [2.75, 3.05) is 0 Å². The monoisotopic (exact) mass is 370 g/mol. The summed E-state index contributed by atoms with van der Waals surface area (Å²) < 4.78 is 40.2. The molecule has 3 N–H and O–H groups in total. The fourth-order valence-electron chi connectivity index (χ4n) is 3.33. The molecule has 1 aliphatic rings. The number of fused-ring (bicyclic) bond motifs is 1.